The summed E-state index contributed by atoms with van der Waals surface area (Å²) in [4.78, 5) is 12.1. The van der Waals surface area contributed by atoms with Gasteiger partial charge in [0.25, 0.3) is 0 Å². The van der Waals surface area contributed by atoms with Crippen LogP contribution >= 0.6 is 0 Å². The molecule has 25 heavy (non-hydrogen) atoms. The summed E-state index contributed by atoms with van der Waals surface area (Å²) in [6.45, 7) is 2.39. The molecule has 0 aliphatic heterocycles. The molecule has 2 rings (SSSR count). The van der Waals surface area contributed by atoms with Gasteiger partial charge in [0.05, 0.1) is 11.9 Å². The number of sulfonamides is 1. The van der Waals surface area contributed by atoms with Gasteiger partial charge in [0.2, 0.25) is 15.9 Å². The van der Waals surface area contributed by atoms with Gasteiger partial charge in [-0.3, -0.25) is 9.52 Å². The maximum Gasteiger partial charge on any atom is 0.229 e. The average Bonchev–Trinajstić information content (AvgIpc) is 2.58. The van der Waals surface area contributed by atoms with Crippen LogP contribution in [0.2, 0.25) is 0 Å². The van der Waals surface area contributed by atoms with Gasteiger partial charge < -0.3 is 5.32 Å². The molecule has 0 aliphatic rings. The second-order valence-electron chi connectivity index (χ2n) is 5.98. The van der Waals surface area contributed by atoms with E-state index in [2.05, 4.69) is 41.2 Å². The number of nitrogens with one attached hydrogen (secondary N) is 2. The zero-order chi connectivity index (χ0) is 18.3. The number of benzene rings is 2. The molecule has 5 nitrogen and oxygen atoms in total. The van der Waals surface area contributed by atoms with Crippen LogP contribution in [0.25, 0.3) is 0 Å². The molecule has 0 atom stereocenters. The highest BCUT2D eigenvalue weighted by molar-refractivity contribution is 7.92. The van der Waals surface area contributed by atoms with Gasteiger partial charge in [-0.2, -0.15) is 0 Å². The predicted octanol–water partition coefficient (Wildman–Crippen LogP) is 2.87. The Bertz CT molecular complexity index is 815. The topological polar surface area (TPSA) is 75.3 Å². The van der Waals surface area contributed by atoms with Gasteiger partial charge in [-0.1, -0.05) is 49.4 Å². The first-order chi connectivity index (χ1) is 11.9. The van der Waals surface area contributed by atoms with Crippen molar-refractivity contribution in [2.45, 2.75) is 32.7 Å². The van der Waals surface area contributed by atoms with Crippen molar-refractivity contribution >= 4 is 21.6 Å². The lowest BCUT2D eigenvalue weighted by Crippen LogP contribution is -2.24. The lowest BCUT2D eigenvalue weighted by molar-refractivity contribution is -0.121. The second kappa shape index (κ2) is 8.67. The molecule has 2 aromatic carbocycles. The maximum atomic E-state index is 12.1. The van der Waals surface area contributed by atoms with E-state index in [1.807, 2.05) is 6.07 Å². The van der Waals surface area contributed by atoms with E-state index in [9.17, 15) is 13.2 Å². The molecule has 0 spiro atoms. The van der Waals surface area contributed by atoms with Crippen LogP contribution in [-0.4, -0.2) is 20.6 Å². The van der Waals surface area contributed by atoms with Gasteiger partial charge in [0.1, 0.15) is 0 Å². The first-order valence-electron chi connectivity index (χ1n) is 8.27. The molecule has 0 aromatic heterocycles. The van der Waals surface area contributed by atoms with E-state index in [4.69, 9.17) is 0 Å². The Morgan fingerprint density at radius 2 is 1.64 bits per heavy atom. The number of carbonyl (C=O) groups excluding carboxylic acids is 1. The van der Waals surface area contributed by atoms with Crippen molar-refractivity contribution in [2.75, 3.05) is 11.0 Å². The molecule has 0 heterocycles. The summed E-state index contributed by atoms with van der Waals surface area (Å²) in [5.74, 6) is -0.0614. The van der Waals surface area contributed by atoms with Crippen LogP contribution in [0.4, 0.5) is 5.69 Å². The fourth-order valence-electron chi connectivity index (χ4n) is 2.46. The van der Waals surface area contributed by atoms with Gasteiger partial charge in [-0.05, 0) is 35.6 Å². The van der Waals surface area contributed by atoms with Crippen LogP contribution in [-0.2, 0) is 34.2 Å². The minimum atomic E-state index is -3.35. The molecule has 2 aromatic rings. The second-order valence-corrected chi connectivity index (χ2v) is 7.73. The van der Waals surface area contributed by atoms with Gasteiger partial charge >= 0.3 is 0 Å². The first-order valence-corrected chi connectivity index (χ1v) is 10.2. The smallest absolute Gasteiger partial charge is 0.229 e. The fraction of sp³-hybridized carbons (Fsp3) is 0.316. The largest absolute Gasteiger partial charge is 0.352 e. The summed E-state index contributed by atoms with van der Waals surface area (Å²) in [5.41, 5.74) is 3.63. The molecule has 134 valence electrons. The zero-order valence-corrected chi connectivity index (χ0v) is 15.4. The molecule has 1 amide bonds. The number of rotatable bonds is 8. The summed E-state index contributed by atoms with van der Waals surface area (Å²) in [6.07, 6.45) is 3.18. The number of carbonyl (C=O) groups is 1. The Balaban J connectivity index is 1.87. The number of hydrogen-bond acceptors (Lipinski definition) is 3. The minimum absolute atomic E-state index is 0.0614. The Hall–Kier alpha value is -2.34. The summed E-state index contributed by atoms with van der Waals surface area (Å²) < 4.78 is 25.3. The highest BCUT2D eigenvalue weighted by atomic mass is 32.2. The highest BCUT2D eigenvalue weighted by Gasteiger charge is 2.08. The third-order valence-corrected chi connectivity index (χ3v) is 4.45. The van der Waals surface area contributed by atoms with E-state index in [-0.39, 0.29) is 12.5 Å². The third-order valence-electron chi connectivity index (χ3n) is 3.86. The van der Waals surface area contributed by atoms with E-state index in [0.717, 1.165) is 23.8 Å². The molecule has 0 fully saturated rings. The number of para-hydroxylation sites is 1. The van der Waals surface area contributed by atoms with E-state index in [1.54, 1.807) is 18.2 Å². The average molecular weight is 360 g/mol. The van der Waals surface area contributed by atoms with Crippen molar-refractivity contribution in [3.8, 4) is 0 Å². The van der Waals surface area contributed by atoms with E-state index < -0.39 is 10.0 Å². The molecule has 0 bridgehead atoms. The predicted molar refractivity (Wildman–Crippen MR) is 101 cm³/mol. The fourth-order valence-corrected chi connectivity index (χ4v) is 3.05. The summed E-state index contributed by atoms with van der Waals surface area (Å²) in [6, 6.07) is 15.3. The van der Waals surface area contributed by atoms with E-state index >= 15 is 0 Å². The number of aryl methyl sites for hydroxylation is 2. The van der Waals surface area contributed by atoms with Gasteiger partial charge in [0, 0.05) is 13.0 Å². The van der Waals surface area contributed by atoms with Crippen molar-refractivity contribution in [3.63, 3.8) is 0 Å². The van der Waals surface area contributed by atoms with Crippen LogP contribution in [0.3, 0.4) is 0 Å². The molecule has 6 heteroatoms. The molecule has 0 saturated heterocycles. The molecule has 0 aliphatic carbocycles. The molecule has 2 N–H and O–H groups in total. The zero-order valence-electron chi connectivity index (χ0n) is 14.6. The Morgan fingerprint density at radius 1 is 1.00 bits per heavy atom. The van der Waals surface area contributed by atoms with Crippen LogP contribution in [0.15, 0.2) is 48.5 Å². The Morgan fingerprint density at radius 3 is 2.28 bits per heavy atom. The standard InChI is InChI=1S/C19H24N2O3S/c1-3-15-8-10-16(11-9-15)12-13-19(22)20-14-17-6-4-5-7-18(17)21-25(2,23)24/h4-11,21H,3,12-14H2,1-2H3,(H,20,22). The summed E-state index contributed by atoms with van der Waals surface area (Å²) in [7, 11) is -3.35. The lowest BCUT2D eigenvalue weighted by atomic mass is 10.1. The van der Waals surface area contributed by atoms with Crippen molar-refractivity contribution in [2.24, 2.45) is 0 Å². The molecule has 0 saturated carbocycles. The summed E-state index contributed by atoms with van der Waals surface area (Å²) in [5, 5.41) is 2.84. The molecular weight excluding hydrogens is 336 g/mol. The quantitative estimate of drug-likeness (QED) is 0.760. The Kier molecular flexibility index (Phi) is 6.58. The van der Waals surface area contributed by atoms with Crippen molar-refractivity contribution in [3.05, 3.63) is 65.2 Å². The molecule has 0 radical (unpaired) electrons. The van der Waals surface area contributed by atoms with Gasteiger partial charge in [0.15, 0.2) is 0 Å². The van der Waals surface area contributed by atoms with Crippen LogP contribution in [0.5, 0.6) is 0 Å². The Labute approximate surface area is 149 Å². The highest BCUT2D eigenvalue weighted by Crippen LogP contribution is 2.16. The van der Waals surface area contributed by atoms with E-state index in [0.29, 0.717) is 18.5 Å². The maximum absolute atomic E-state index is 12.1. The van der Waals surface area contributed by atoms with Crippen molar-refractivity contribution in [1.82, 2.24) is 5.32 Å². The van der Waals surface area contributed by atoms with Crippen molar-refractivity contribution in [1.29, 1.82) is 0 Å². The first kappa shape index (κ1) is 19.0. The normalized spacial score (nSPS) is 11.1. The summed E-state index contributed by atoms with van der Waals surface area (Å²) >= 11 is 0. The van der Waals surface area contributed by atoms with Crippen LogP contribution < -0.4 is 10.0 Å². The lowest BCUT2D eigenvalue weighted by Gasteiger charge is -2.11. The van der Waals surface area contributed by atoms with E-state index in [1.165, 1.54) is 5.56 Å². The van der Waals surface area contributed by atoms with Crippen LogP contribution in [0.1, 0.15) is 30.0 Å². The number of amides is 1. The molecule has 0 unspecified atom stereocenters. The van der Waals surface area contributed by atoms with Gasteiger partial charge in [-0.25, -0.2) is 8.42 Å². The SMILES string of the molecule is CCc1ccc(CCC(=O)NCc2ccccc2NS(C)(=O)=O)cc1. The number of anilines is 1. The third kappa shape index (κ3) is 6.58. The minimum Gasteiger partial charge on any atom is -0.352 e. The van der Waals surface area contributed by atoms with Gasteiger partial charge in [-0.15, -0.1) is 0 Å². The van der Waals surface area contributed by atoms with Crippen LogP contribution in [0, 0.1) is 0 Å². The number of hydrogen-bond donors (Lipinski definition) is 2. The van der Waals surface area contributed by atoms with Crippen molar-refractivity contribution < 1.29 is 13.2 Å². The molecular formula is C19H24N2O3S. The monoisotopic (exact) mass is 360 g/mol.